The summed E-state index contributed by atoms with van der Waals surface area (Å²) < 4.78 is 28.1. The van der Waals surface area contributed by atoms with Crippen molar-refractivity contribution in [3.8, 4) is 0 Å². The van der Waals surface area contributed by atoms with Crippen LogP contribution in [0.15, 0.2) is 33.8 Å². The van der Waals surface area contributed by atoms with Gasteiger partial charge in [0.15, 0.2) is 0 Å². The molecule has 0 saturated carbocycles. The van der Waals surface area contributed by atoms with Gasteiger partial charge in [-0.2, -0.15) is 4.31 Å². The second-order valence-corrected chi connectivity index (χ2v) is 8.07. The van der Waals surface area contributed by atoms with E-state index in [1.807, 2.05) is 7.05 Å². The van der Waals surface area contributed by atoms with Crippen molar-refractivity contribution in [1.82, 2.24) is 14.6 Å². The molecule has 0 radical (unpaired) electrons. The van der Waals surface area contributed by atoms with Crippen molar-refractivity contribution in [3.63, 3.8) is 0 Å². The molecule has 8 heteroatoms. The average Bonchev–Trinajstić information content (AvgIpc) is 3.00. The van der Waals surface area contributed by atoms with E-state index >= 15 is 0 Å². The van der Waals surface area contributed by atoms with Crippen LogP contribution < -0.4 is 11.1 Å². The number of likely N-dealkylation sites (N-methyl/N-ethyl adjacent to an activating group) is 1. The van der Waals surface area contributed by atoms with Gasteiger partial charge < -0.3 is 11.1 Å². The summed E-state index contributed by atoms with van der Waals surface area (Å²) in [5.41, 5.74) is 5.88. The molecule has 1 fully saturated rings. The van der Waals surface area contributed by atoms with Gasteiger partial charge in [0.1, 0.15) is 5.82 Å². The number of anilines is 1. The van der Waals surface area contributed by atoms with Gasteiger partial charge >= 0.3 is 0 Å². The van der Waals surface area contributed by atoms with Crippen molar-refractivity contribution in [1.29, 1.82) is 0 Å². The Labute approximate surface area is 137 Å². The van der Waals surface area contributed by atoms with E-state index in [1.54, 1.807) is 18.2 Å². The van der Waals surface area contributed by atoms with Crippen molar-refractivity contribution in [2.75, 3.05) is 25.9 Å². The number of nitrogens with one attached hydrogen (secondary N) is 1. The highest BCUT2D eigenvalue weighted by Crippen LogP contribution is 2.34. The van der Waals surface area contributed by atoms with Crippen LogP contribution >= 0.6 is 15.9 Å². The van der Waals surface area contributed by atoms with Gasteiger partial charge in [-0.1, -0.05) is 12.1 Å². The van der Waals surface area contributed by atoms with Crippen molar-refractivity contribution >= 4 is 42.5 Å². The minimum absolute atomic E-state index is 0.194. The molecule has 1 unspecified atom stereocenters. The molecular formula is C14H17BrN4O2S. The number of aromatic nitrogens is 1. The Morgan fingerprint density at radius 1 is 1.45 bits per heavy atom. The molecule has 6 nitrogen and oxygen atoms in total. The Morgan fingerprint density at radius 3 is 2.91 bits per heavy atom. The predicted molar refractivity (Wildman–Crippen MR) is 90.1 cm³/mol. The van der Waals surface area contributed by atoms with Gasteiger partial charge in [-0.15, -0.1) is 0 Å². The van der Waals surface area contributed by atoms with E-state index in [9.17, 15) is 8.42 Å². The Kier molecular flexibility index (Phi) is 4.11. The third kappa shape index (κ3) is 2.50. The molecule has 0 amide bonds. The molecule has 2 aromatic rings. The van der Waals surface area contributed by atoms with Crippen LogP contribution in [0.1, 0.15) is 6.42 Å². The number of sulfonamides is 1. The van der Waals surface area contributed by atoms with Gasteiger partial charge in [-0.3, -0.25) is 0 Å². The fourth-order valence-electron chi connectivity index (χ4n) is 2.79. The largest absolute Gasteiger partial charge is 0.383 e. The fraction of sp³-hybridized carbons (Fsp3) is 0.357. The van der Waals surface area contributed by atoms with Gasteiger partial charge in [-0.05, 0) is 35.5 Å². The molecule has 1 saturated heterocycles. The zero-order chi connectivity index (χ0) is 15.9. The van der Waals surface area contributed by atoms with Crippen LogP contribution in [0.25, 0.3) is 10.8 Å². The Bertz CT molecular complexity index is 825. The first-order valence-corrected chi connectivity index (χ1v) is 9.18. The summed E-state index contributed by atoms with van der Waals surface area (Å²) in [5.74, 6) is 0.324. The zero-order valence-electron chi connectivity index (χ0n) is 12.1. The number of nitrogen functional groups attached to an aromatic ring is 1. The molecule has 0 bridgehead atoms. The summed E-state index contributed by atoms with van der Waals surface area (Å²) >= 11 is 3.40. The van der Waals surface area contributed by atoms with E-state index in [-0.39, 0.29) is 10.9 Å². The first kappa shape index (κ1) is 15.7. The standard InChI is InChI=1S/C14H17BrN4O2S/c1-17-9-5-6-19(8-9)22(20,21)12-4-2-3-10-13(12)11(15)7-18-14(10)16/h2-4,7,9,17H,5-6,8H2,1H3,(H2,16,18). The molecule has 1 aromatic heterocycles. The molecule has 1 aliphatic rings. The summed E-state index contributed by atoms with van der Waals surface area (Å²) in [5, 5.41) is 4.35. The fourth-order valence-corrected chi connectivity index (χ4v) is 5.18. The quantitative estimate of drug-likeness (QED) is 0.837. The van der Waals surface area contributed by atoms with Gasteiger partial charge in [0.05, 0.1) is 4.90 Å². The number of hydrogen-bond donors (Lipinski definition) is 2. The number of pyridine rings is 1. The summed E-state index contributed by atoms with van der Waals surface area (Å²) in [6, 6.07) is 5.29. The molecule has 1 aliphatic heterocycles. The summed E-state index contributed by atoms with van der Waals surface area (Å²) in [6.07, 6.45) is 2.35. The summed E-state index contributed by atoms with van der Waals surface area (Å²) in [6.45, 7) is 0.996. The highest BCUT2D eigenvalue weighted by molar-refractivity contribution is 9.10. The number of halogens is 1. The summed E-state index contributed by atoms with van der Waals surface area (Å²) in [7, 11) is -1.72. The third-order valence-electron chi connectivity index (χ3n) is 4.04. The van der Waals surface area contributed by atoms with E-state index in [1.165, 1.54) is 10.5 Å². The molecule has 1 atom stereocenters. The molecule has 3 rings (SSSR count). The minimum atomic E-state index is -3.57. The lowest BCUT2D eigenvalue weighted by molar-refractivity contribution is 0.465. The topological polar surface area (TPSA) is 88.3 Å². The van der Waals surface area contributed by atoms with E-state index in [4.69, 9.17) is 5.73 Å². The molecule has 2 heterocycles. The van der Waals surface area contributed by atoms with Crippen LogP contribution in [0.4, 0.5) is 5.82 Å². The maximum atomic E-state index is 13.0. The molecule has 0 aliphatic carbocycles. The number of nitrogens with zero attached hydrogens (tertiary/aromatic N) is 2. The lowest BCUT2D eigenvalue weighted by atomic mass is 10.1. The normalized spacial score (nSPS) is 19.8. The lowest BCUT2D eigenvalue weighted by Crippen LogP contribution is -2.33. The molecule has 1 aromatic carbocycles. The first-order valence-electron chi connectivity index (χ1n) is 6.95. The van der Waals surface area contributed by atoms with Crippen molar-refractivity contribution in [2.24, 2.45) is 0 Å². The van der Waals surface area contributed by atoms with Crippen molar-refractivity contribution in [2.45, 2.75) is 17.4 Å². The molecule has 22 heavy (non-hydrogen) atoms. The SMILES string of the molecule is CNC1CCN(S(=O)(=O)c2cccc3c(N)ncc(Br)c23)C1. The van der Waals surface area contributed by atoms with E-state index in [0.29, 0.717) is 34.2 Å². The van der Waals surface area contributed by atoms with Crippen LogP contribution in [-0.2, 0) is 10.0 Å². The molecule has 0 spiro atoms. The lowest BCUT2D eigenvalue weighted by Gasteiger charge is -2.18. The van der Waals surface area contributed by atoms with E-state index < -0.39 is 10.0 Å². The predicted octanol–water partition coefficient (Wildman–Crippen LogP) is 1.56. The summed E-state index contributed by atoms with van der Waals surface area (Å²) in [4.78, 5) is 4.33. The van der Waals surface area contributed by atoms with Crippen LogP contribution in [0.2, 0.25) is 0 Å². The highest BCUT2D eigenvalue weighted by atomic mass is 79.9. The molecule has 118 valence electrons. The number of rotatable bonds is 3. The smallest absolute Gasteiger partial charge is 0.243 e. The minimum Gasteiger partial charge on any atom is -0.383 e. The van der Waals surface area contributed by atoms with Gasteiger partial charge in [0.2, 0.25) is 10.0 Å². The second-order valence-electron chi connectivity index (χ2n) is 5.31. The Hall–Kier alpha value is -1.22. The highest BCUT2D eigenvalue weighted by Gasteiger charge is 2.33. The van der Waals surface area contributed by atoms with Crippen LogP contribution in [0.5, 0.6) is 0 Å². The van der Waals surface area contributed by atoms with Gasteiger partial charge in [-0.25, -0.2) is 13.4 Å². The number of hydrogen-bond acceptors (Lipinski definition) is 5. The maximum Gasteiger partial charge on any atom is 0.243 e. The number of benzene rings is 1. The van der Waals surface area contributed by atoms with Crippen molar-refractivity contribution < 1.29 is 8.42 Å². The van der Waals surface area contributed by atoms with Gasteiger partial charge in [0.25, 0.3) is 0 Å². The Balaban J connectivity index is 2.16. The molecule has 3 N–H and O–H groups in total. The van der Waals surface area contributed by atoms with Crippen LogP contribution in [0.3, 0.4) is 0 Å². The van der Waals surface area contributed by atoms with Crippen LogP contribution in [-0.4, -0.2) is 43.9 Å². The maximum absolute atomic E-state index is 13.0. The van der Waals surface area contributed by atoms with Crippen LogP contribution in [0, 0.1) is 0 Å². The van der Waals surface area contributed by atoms with E-state index in [2.05, 4.69) is 26.2 Å². The number of nitrogens with two attached hydrogens (primary N) is 1. The van der Waals surface area contributed by atoms with Gasteiger partial charge in [0, 0.05) is 40.6 Å². The Morgan fingerprint density at radius 2 is 2.23 bits per heavy atom. The second kappa shape index (κ2) is 5.77. The average molecular weight is 385 g/mol. The first-order chi connectivity index (χ1) is 10.4. The monoisotopic (exact) mass is 384 g/mol. The zero-order valence-corrected chi connectivity index (χ0v) is 14.5. The van der Waals surface area contributed by atoms with E-state index in [0.717, 1.165) is 6.42 Å². The third-order valence-corrected chi connectivity index (χ3v) is 6.54. The molecular weight excluding hydrogens is 368 g/mol. The van der Waals surface area contributed by atoms with Crippen molar-refractivity contribution in [3.05, 3.63) is 28.9 Å². The number of fused-ring (bicyclic) bond motifs is 1.